The summed E-state index contributed by atoms with van der Waals surface area (Å²) in [6.45, 7) is 1.00. The molecule has 0 aromatic carbocycles. The van der Waals surface area contributed by atoms with Crippen LogP contribution in [-0.2, 0) is 9.59 Å². The van der Waals surface area contributed by atoms with Gasteiger partial charge in [-0.25, -0.2) is 0 Å². The molecule has 1 aliphatic heterocycles. The molecule has 1 atom stereocenters. The van der Waals surface area contributed by atoms with Gasteiger partial charge in [0.2, 0.25) is 11.8 Å². The SMILES string of the molecule is CN(C)C(=O)CNCC1CCC(=O)N1. The number of hydrogen-bond donors (Lipinski definition) is 2. The largest absolute Gasteiger partial charge is 0.352 e. The van der Waals surface area contributed by atoms with Crippen molar-refractivity contribution in [3.05, 3.63) is 0 Å². The molecule has 5 nitrogen and oxygen atoms in total. The smallest absolute Gasteiger partial charge is 0.236 e. The molecule has 0 aliphatic carbocycles. The van der Waals surface area contributed by atoms with E-state index in [9.17, 15) is 9.59 Å². The summed E-state index contributed by atoms with van der Waals surface area (Å²) in [5, 5.41) is 5.85. The van der Waals surface area contributed by atoms with Crippen molar-refractivity contribution in [3.8, 4) is 0 Å². The van der Waals surface area contributed by atoms with Crippen LogP contribution in [0.15, 0.2) is 0 Å². The van der Waals surface area contributed by atoms with Crippen molar-refractivity contribution in [2.45, 2.75) is 18.9 Å². The third-order valence-electron chi connectivity index (χ3n) is 2.25. The van der Waals surface area contributed by atoms with E-state index >= 15 is 0 Å². The standard InChI is InChI=1S/C9H17N3O2/c1-12(2)9(14)6-10-5-7-3-4-8(13)11-7/h7,10H,3-6H2,1-2H3,(H,11,13). The second-order valence-corrected chi connectivity index (χ2v) is 3.72. The molecule has 1 fully saturated rings. The van der Waals surface area contributed by atoms with Gasteiger partial charge in [-0.2, -0.15) is 0 Å². The maximum absolute atomic E-state index is 11.2. The van der Waals surface area contributed by atoms with E-state index in [0.717, 1.165) is 6.42 Å². The van der Waals surface area contributed by atoms with Gasteiger partial charge < -0.3 is 15.5 Å². The summed E-state index contributed by atoms with van der Waals surface area (Å²) in [7, 11) is 3.45. The predicted molar refractivity (Wildman–Crippen MR) is 52.7 cm³/mol. The average molecular weight is 199 g/mol. The monoisotopic (exact) mass is 199 g/mol. The Bertz CT molecular complexity index is 228. The van der Waals surface area contributed by atoms with Crippen LogP contribution < -0.4 is 10.6 Å². The lowest BCUT2D eigenvalue weighted by molar-refractivity contribution is -0.127. The number of carbonyl (C=O) groups is 2. The molecule has 80 valence electrons. The van der Waals surface area contributed by atoms with Crippen LogP contribution in [0.4, 0.5) is 0 Å². The summed E-state index contributed by atoms with van der Waals surface area (Å²) in [5.41, 5.74) is 0. The molecule has 1 saturated heterocycles. The number of rotatable bonds is 4. The van der Waals surface area contributed by atoms with Gasteiger partial charge in [-0.05, 0) is 6.42 Å². The minimum absolute atomic E-state index is 0.0503. The zero-order valence-corrected chi connectivity index (χ0v) is 8.67. The van der Waals surface area contributed by atoms with Crippen molar-refractivity contribution in [1.29, 1.82) is 0 Å². The number of nitrogens with one attached hydrogen (secondary N) is 2. The number of likely N-dealkylation sites (N-methyl/N-ethyl adjacent to an activating group) is 1. The van der Waals surface area contributed by atoms with Crippen LogP contribution in [0.3, 0.4) is 0 Å². The van der Waals surface area contributed by atoms with Gasteiger partial charge in [0.15, 0.2) is 0 Å². The van der Waals surface area contributed by atoms with E-state index in [2.05, 4.69) is 10.6 Å². The number of hydrogen-bond acceptors (Lipinski definition) is 3. The fourth-order valence-electron chi connectivity index (χ4n) is 1.34. The molecule has 0 spiro atoms. The summed E-state index contributed by atoms with van der Waals surface area (Å²) in [6, 6.07) is 0.192. The zero-order chi connectivity index (χ0) is 10.6. The molecule has 14 heavy (non-hydrogen) atoms. The van der Waals surface area contributed by atoms with Gasteiger partial charge in [0, 0.05) is 33.1 Å². The number of carbonyl (C=O) groups excluding carboxylic acids is 2. The Morgan fingerprint density at radius 3 is 2.86 bits per heavy atom. The van der Waals surface area contributed by atoms with Crippen molar-refractivity contribution in [2.24, 2.45) is 0 Å². The highest BCUT2D eigenvalue weighted by Crippen LogP contribution is 2.04. The summed E-state index contributed by atoms with van der Waals surface area (Å²) in [6.07, 6.45) is 1.47. The maximum atomic E-state index is 11.2. The lowest BCUT2D eigenvalue weighted by Gasteiger charge is -2.13. The van der Waals surface area contributed by atoms with Crippen LogP contribution in [0.5, 0.6) is 0 Å². The highest BCUT2D eigenvalue weighted by molar-refractivity contribution is 5.78. The molecule has 0 radical (unpaired) electrons. The Balaban J connectivity index is 2.10. The summed E-state index contributed by atoms with van der Waals surface area (Å²) >= 11 is 0. The van der Waals surface area contributed by atoms with E-state index in [1.54, 1.807) is 19.0 Å². The van der Waals surface area contributed by atoms with Gasteiger partial charge in [-0.1, -0.05) is 0 Å². The van der Waals surface area contributed by atoms with Gasteiger partial charge in [-0.3, -0.25) is 9.59 Å². The maximum Gasteiger partial charge on any atom is 0.236 e. The topological polar surface area (TPSA) is 61.4 Å². The quantitative estimate of drug-likeness (QED) is 0.607. The van der Waals surface area contributed by atoms with Crippen LogP contribution in [0, 0.1) is 0 Å². The second kappa shape index (κ2) is 4.95. The Labute approximate surface area is 83.8 Å². The molecule has 2 N–H and O–H groups in total. The Morgan fingerprint density at radius 1 is 1.64 bits per heavy atom. The van der Waals surface area contributed by atoms with Crippen LogP contribution >= 0.6 is 0 Å². The highest BCUT2D eigenvalue weighted by atomic mass is 16.2. The Hall–Kier alpha value is -1.10. The van der Waals surface area contributed by atoms with Crippen molar-refractivity contribution in [3.63, 3.8) is 0 Å². The second-order valence-electron chi connectivity index (χ2n) is 3.72. The summed E-state index contributed by atoms with van der Waals surface area (Å²) in [4.78, 5) is 23.5. The van der Waals surface area contributed by atoms with Gasteiger partial charge in [0.05, 0.1) is 6.54 Å². The predicted octanol–water partition coefficient (Wildman–Crippen LogP) is -1.06. The lowest BCUT2D eigenvalue weighted by Crippen LogP contribution is -2.40. The van der Waals surface area contributed by atoms with Crippen molar-refractivity contribution >= 4 is 11.8 Å². The first-order valence-electron chi connectivity index (χ1n) is 4.80. The van der Waals surface area contributed by atoms with Crippen LogP contribution in [0.1, 0.15) is 12.8 Å². The zero-order valence-electron chi connectivity index (χ0n) is 8.67. The number of amides is 2. The van der Waals surface area contributed by atoms with Crippen LogP contribution in [-0.4, -0.2) is 49.9 Å². The minimum atomic E-state index is 0.0503. The average Bonchev–Trinajstić information content (AvgIpc) is 2.51. The third-order valence-corrected chi connectivity index (χ3v) is 2.25. The molecule has 1 heterocycles. The molecule has 2 amide bonds. The molecule has 5 heteroatoms. The third kappa shape index (κ3) is 3.33. The summed E-state index contributed by atoms with van der Waals surface area (Å²) in [5.74, 6) is 0.157. The van der Waals surface area contributed by atoms with E-state index in [1.807, 2.05) is 0 Å². The van der Waals surface area contributed by atoms with Crippen molar-refractivity contribution in [1.82, 2.24) is 15.5 Å². The molecule has 0 saturated carbocycles. The van der Waals surface area contributed by atoms with E-state index in [4.69, 9.17) is 0 Å². The molecule has 0 bridgehead atoms. The number of nitrogens with zero attached hydrogens (tertiary/aromatic N) is 1. The van der Waals surface area contributed by atoms with E-state index in [1.165, 1.54) is 0 Å². The van der Waals surface area contributed by atoms with Gasteiger partial charge in [-0.15, -0.1) is 0 Å². The van der Waals surface area contributed by atoms with Crippen LogP contribution in [0.25, 0.3) is 0 Å². The molecular formula is C9H17N3O2. The van der Waals surface area contributed by atoms with Gasteiger partial charge in [0.1, 0.15) is 0 Å². The molecule has 1 aliphatic rings. The minimum Gasteiger partial charge on any atom is -0.352 e. The van der Waals surface area contributed by atoms with Gasteiger partial charge >= 0.3 is 0 Å². The Kier molecular flexibility index (Phi) is 3.88. The van der Waals surface area contributed by atoms with Crippen molar-refractivity contribution in [2.75, 3.05) is 27.2 Å². The van der Waals surface area contributed by atoms with Crippen molar-refractivity contribution < 1.29 is 9.59 Å². The van der Waals surface area contributed by atoms with E-state index < -0.39 is 0 Å². The summed E-state index contributed by atoms with van der Waals surface area (Å²) < 4.78 is 0. The molecule has 0 aromatic rings. The first kappa shape index (κ1) is 11.0. The van der Waals surface area contributed by atoms with Gasteiger partial charge in [0.25, 0.3) is 0 Å². The van der Waals surface area contributed by atoms with E-state index in [-0.39, 0.29) is 17.9 Å². The lowest BCUT2D eigenvalue weighted by atomic mass is 10.2. The first-order chi connectivity index (χ1) is 6.59. The highest BCUT2D eigenvalue weighted by Gasteiger charge is 2.20. The fourth-order valence-corrected chi connectivity index (χ4v) is 1.34. The Morgan fingerprint density at radius 2 is 2.36 bits per heavy atom. The molecule has 0 aromatic heterocycles. The normalized spacial score (nSPS) is 20.7. The first-order valence-corrected chi connectivity index (χ1v) is 4.80. The fraction of sp³-hybridized carbons (Fsp3) is 0.778. The molecular weight excluding hydrogens is 182 g/mol. The molecule has 1 unspecified atom stereocenters. The van der Waals surface area contributed by atoms with E-state index in [0.29, 0.717) is 19.5 Å². The molecule has 1 rings (SSSR count). The van der Waals surface area contributed by atoms with Crippen LogP contribution in [0.2, 0.25) is 0 Å².